The third-order valence-corrected chi connectivity index (χ3v) is 4.81. The summed E-state index contributed by atoms with van der Waals surface area (Å²) >= 11 is 0. The molecule has 5 heteroatoms. The zero-order chi connectivity index (χ0) is 19.3. The van der Waals surface area contributed by atoms with E-state index in [4.69, 9.17) is 4.74 Å². The largest absolute Gasteiger partial charge is 0.489 e. The van der Waals surface area contributed by atoms with Crippen molar-refractivity contribution in [3.63, 3.8) is 0 Å². The van der Waals surface area contributed by atoms with Gasteiger partial charge in [-0.2, -0.15) is 0 Å². The molecule has 1 aromatic heterocycles. The molecule has 1 amide bonds. The number of anilines is 1. The molecule has 2 heterocycles. The van der Waals surface area contributed by atoms with Crippen molar-refractivity contribution >= 4 is 11.6 Å². The fourth-order valence-electron chi connectivity index (χ4n) is 3.42. The van der Waals surface area contributed by atoms with Gasteiger partial charge in [0, 0.05) is 30.2 Å². The van der Waals surface area contributed by atoms with E-state index in [2.05, 4.69) is 17.2 Å². The molecule has 0 spiro atoms. The first-order valence-electron chi connectivity index (χ1n) is 9.54. The Labute approximate surface area is 165 Å². The molecule has 142 valence electrons. The van der Waals surface area contributed by atoms with Crippen LogP contribution in [0.3, 0.4) is 0 Å². The number of rotatable bonds is 6. The van der Waals surface area contributed by atoms with Gasteiger partial charge in [-0.25, -0.2) is 0 Å². The predicted molar refractivity (Wildman–Crippen MR) is 109 cm³/mol. The minimum absolute atomic E-state index is 0.0677. The zero-order valence-corrected chi connectivity index (χ0v) is 15.8. The maximum Gasteiger partial charge on any atom is 0.257 e. The van der Waals surface area contributed by atoms with Crippen LogP contribution in [-0.4, -0.2) is 22.3 Å². The van der Waals surface area contributed by atoms with E-state index in [1.807, 2.05) is 65.6 Å². The Balaban J connectivity index is 1.53. The summed E-state index contributed by atoms with van der Waals surface area (Å²) in [5.41, 5.74) is 3.66. The van der Waals surface area contributed by atoms with Crippen molar-refractivity contribution in [1.29, 1.82) is 0 Å². The maximum absolute atomic E-state index is 13.0. The Hall–Kier alpha value is -3.34. The van der Waals surface area contributed by atoms with Crippen LogP contribution in [0.4, 0.5) is 5.69 Å². The second kappa shape index (κ2) is 8.13. The van der Waals surface area contributed by atoms with Crippen molar-refractivity contribution in [2.45, 2.75) is 26.1 Å². The Kier molecular flexibility index (Phi) is 5.24. The molecule has 0 saturated heterocycles. The molecule has 3 aromatic rings. The van der Waals surface area contributed by atoms with Crippen LogP contribution in [0.5, 0.6) is 5.75 Å². The highest BCUT2D eigenvalue weighted by Crippen LogP contribution is 2.33. The number of nitrogens with zero attached hydrogens (tertiary/aromatic N) is 2. The number of benzene rings is 2. The first-order valence-corrected chi connectivity index (χ1v) is 9.54. The van der Waals surface area contributed by atoms with E-state index in [-0.39, 0.29) is 12.1 Å². The van der Waals surface area contributed by atoms with Crippen LogP contribution < -0.4 is 10.1 Å². The lowest BCUT2D eigenvalue weighted by Crippen LogP contribution is -2.43. The van der Waals surface area contributed by atoms with Gasteiger partial charge in [0.25, 0.3) is 5.91 Å². The highest BCUT2D eigenvalue weighted by atomic mass is 16.5. The fourth-order valence-corrected chi connectivity index (χ4v) is 3.42. The molecule has 0 radical (unpaired) electrons. The number of fused-ring (bicyclic) bond motifs is 1. The number of aromatic nitrogens is 1. The fraction of sp³-hybridized carbons (Fsp3) is 0.217. The molecule has 1 N–H and O–H groups in total. The highest BCUT2D eigenvalue weighted by molar-refractivity contribution is 6.01. The molecule has 28 heavy (non-hydrogen) atoms. The van der Waals surface area contributed by atoms with E-state index < -0.39 is 0 Å². The average molecular weight is 373 g/mol. The van der Waals surface area contributed by atoms with Gasteiger partial charge in [-0.3, -0.25) is 9.78 Å². The second-order valence-corrected chi connectivity index (χ2v) is 6.81. The first kappa shape index (κ1) is 18.0. The van der Waals surface area contributed by atoms with Gasteiger partial charge < -0.3 is 15.0 Å². The lowest BCUT2D eigenvalue weighted by molar-refractivity contribution is 0.0683. The number of ether oxygens (including phenoxy) is 1. The second-order valence-electron chi connectivity index (χ2n) is 6.81. The smallest absolute Gasteiger partial charge is 0.257 e. The number of nitrogens with one attached hydrogen (secondary N) is 1. The number of pyridine rings is 1. The van der Waals surface area contributed by atoms with Gasteiger partial charge in [0.2, 0.25) is 0 Å². The van der Waals surface area contributed by atoms with E-state index in [0.717, 1.165) is 34.5 Å². The normalized spacial score (nSPS) is 15.7. The molecular weight excluding hydrogens is 350 g/mol. The molecule has 0 unspecified atom stereocenters. The Morgan fingerprint density at radius 1 is 1.07 bits per heavy atom. The van der Waals surface area contributed by atoms with E-state index in [1.165, 1.54) is 0 Å². The SMILES string of the molecule is CCCN1C(=O)c2ccccc2N[C@@H]1c1ccc(OCc2cccnc2)cc1. The van der Waals surface area contributed by atoms with Gasteiger partial charge in [0.15, 0.2) is 0 Å². The van der Waals surface area contributed by atoms with Gasteiger partial charge in [0.1, 0.15) is 18.5 Å². The van der Waals surface area contributed by atoms with Crippen LogP contribution in [0.15, 0.2) is 73.1 Å². The third kappa shape index (κ3) is 3.69. The molecule has 0 aliphatic carbocycles. The van der Waals surface area contributed by atoms with E-state index >= 15 is 0 Å². The van der Waals surface area contributed by atoms with Crippen molar-refractivity contribution < 1.29 is 9.53 Å². The van der Waals surface area contributed by atoms with Crippen LogP contribution in [-0.2, 0) is 6.61 Å². The summed E-state index contributed by atoms with van der Waals surface area (Å²) in [4.78, 5) is 19.0. The van der Waals surface area contributed by atoms with Crippen molar-refractivity contribution in [3.05, 3.63) is 89.7 Å². The molecule has 5 nitrogen and oxygen atoms in total. The quantitative estimate of drug-likeness (QED) is 0.684. The van der Waals surface area contributed by atoms with Gasteiger partial charge in [-0.15, -0.1) is 0 Å². The molecule has 1 atom stereocenters. The lowest BCUT2D eigenvalue weighted by atomic mass is 10.0. The number of carbonyl (C=O) groups is 1. The number of carbonyl (C=O) groups excluding carboxylic acids is 1. The number of amides is 1. The topological polar surface area (TPSA) is 54.5 Å². The molecular formula is C23H23N3O2. The summed E-state index contributed by atoms with van der Waals surface area (Å²) in [6.45, 7) is 3.26. The first-order chi connectivity index (χ1) is 13.8. The summed E-state index contributed by atoms with van der Waals surface area (Å²) in [5, 5.41) is 3.51. The average Bonchev–Trinajstić information content (AvgIpc) is 2.75. The molecule has 1 aliphatic rings. The lowest BCUT2D eigenvalue weighted by Gasteiger charge is -2.38. The Bertz CT molecular complexity index is 942. The van der Waals surface area contributed by atoms with Crippen LogP contribution in [0.1, 0.15) is 41.0 Å². The van der Waals surface area contributed by atoms with Crippen molar-refractivity contribution in [1.82, 2.24) is 9.88 Å². The molecule has 0 bridgehead atoms. The van der Waals surface area contributed by atoms with Gasteiger partial charge in [-0.1, -0.05) is 37.3 Å². The maximum atomic E-state index is 13.0. The predicted octanol–water partition coefficient (Wildman–Crippen LogP) is 4.64. The monoisotopic (exact) mass is 373 g/mol. The Morgan fingerprint density at radius 3 is 2.64 bits per heavy atom. The van der Waals surface area contributed by atoms with E-state index in [1.54, 1.807) is 12.4 Å². The van der Waals surface area contributed by atoms with Crippen molar-refractivity contribution in [2.24, 2.45) is 0 Å². The van der Waals surface area contributed by atoms with Crippen LogP contribution in [0.2, 0.25) is 0 Å². The van der Waals surface area contributed by atoms with Gasteiger partial charge in [0.05, 0.1) is 5.56 Å². The van der Waals surface area contributed by atoms with Crippen LogP contribution >= 0.6 is 0 Å². The van der Waals surface area contributed by atoms with E-state index in [9.17, 15) is 4.79 Å². The van der Waals surface area contributed by atoms with Gasteiger partial charge in [-0.05, 0) is 42.3 Å². The summed E-state index contributed by atoms with van der Waals surface area (Å²) in [6.07, 6.45) is 4.26. The van der Waals surface area contributed by atoms with Crippen molar-refractivity contribution in [3.8, 4) is 5.75 Å². The van der Waals surface area contributed by atoms with Crippen molar-refractivity contribution in [2.75, 3.05) is 11.9 Å². The number of hydrogen-bond donors (Lipinski definition) is 1. The highest BCUT2D eigenvalue weighted by Gasteiger charge is 2.32. The molecule has 1 aliphatic heterocycles. The standard InChI is InChI=1S/C23H23N3O2/c1-2-14-26-22(25-21-8-4-3-7-20(21)23(26)27)18-9-11-19(12-10-18)28-16-17-6-5-13-24-15-17/h3-13,15,22,25H,2,14,16H2,1H3/t22-/m0/s1. The van der Waals surface area contributed by atoms with Crippen LogP contribution in [0.25, 0.3) is 0 Å². The number of hydrogen-bond acceptors (Lipinski definition) is 4. The third-order valence-electron chi connectivity index (χ3n) is 4.81. The molecule has 4 rings (SSSR count). The number of para-hydroxylation sites is 1. The summed E-state index contributed by atoms with van der Waals surface area (Å²) in [7, 11) is 0. The molecule has 0 saturated carbocycles. The molecule has 2 aromatic carbocycles. The van der Waals surface area contributed by atoms with Gasteiger partial charge >= 0.3 is 0 Å². The van der Waals surface area contributed by atoms with E-state index in [0.29, 0.717) is 13.2 Å². The summed E-state index contributed by atoms with van der Waals surface area (Å²) < 4.78 is 5.85. The minimum Gasteiger partial charge on any atom is -0.489 e. The summed E-state index contributed by atoms with van der Waals surface area (Å²) in [5.74, 6) is 0.857. The molecule has 0 fully saturated rings. The summed E-state index contributed by atoms with van der Waals surface area (Å²) in [6, 6.07) is 19.5. The Morgan fingerprint density at radius 2 is 1.89 bits per heavy atom. The van der Waals surface area contributed by atoms with Crippen LogP contribution in [0, 0.1) is 0 Å². The minimum atomic E-state index is -0.185. The zero-order valence-electron chi connectivity index (χ0n) is 15.8.